The fraction of sp³-hybridized carbons (Fsp3) is 0.250. The van der Waals surface area contributed by atoms with Gasteiger partial charge in [0.25, 0.3) is 5.56 Å². The minimum atomic E-state index is 0.0405. The van der Waals surface area contributed by atoms with Crippen molar-refractivity contribution in [2.75, 3.05) is 0 Å². The van der Waals surface area contributed by atoms with E-state index in [1.165, 1.54) is 11.3 Å². The van der Waals surface area contributed by atoms with Gasteiger partial charge in [-0.25, -0.2) is 4.98 Å². The summed E-state index contributed by atoms with van der Waals surface area (Å²) in [6, 6.07) is 0. The minimum Gasteiger partial charge on any atom is -0.269 e. The molecular weight excluding hydrogens is 172 g/mol. The minimum absolute atomic E-state index is 0.0405. The Hall–Kier alpha value is -1.16. The Labute approximate surface area is 73.3 Å². The van der Waals surface area contributed by atoms with Crippen LogP contribution in [0.15, 0.2) is 16.4 Å². The highest BCUT2D eigenvalue weighted by Gasteiger charge is 2.03. The van der Waals surface area contributed by atoms with E-state index in [4.69, 9.17) is 0 Å². The Morgan fingerprint density at radius 2 is 2.25 bits per heavy atom. The smallest absolute Gasteiger partial charge is 0.261 e. The number of hydrogen-bond donors (Lipinski definition) is 0. The zero-order valence-corrected chi connectivity index (χ0v) is 7.68. The molecule has 0 saturated heterocycles. The quantitative estimate of drug-likeness (QED) is 0.613. The van der Waals surface area contributed by atoms with Crippen molar-refractivity contribution >= 4 is 16.3 Å². The largest absolute Gasteiger partial charge is 0.269 e. The van der Waals surface area contributed by atoms with Crippen LogP contribution >= 0.6 is 11.3 Å². The molecule has 62 valence electrons. The van der Waals surface area contributed by atoms with E-state index in [9.17, 15) is 4.79 Å². The summed E-state index contributed by atoms with van der Waals surface area (Å²) in [6.45, 7) is 3.69. The molecule has 0 aliphatic heterocycles. The first-order valence-electron chi connectivity index (χ1n) is 3.62. The third-order valence-electron chi connectivity index (χ3n) is 1.79. The normalized spacial score (nSPS) is 10.8. The second-order valence-corrected chi connectivity index (χ2v) is 3.58. The Morgan fingerprint density at radius 3 is 3.00 bits per heavy atom. The second-order valence-electron chi connectivity index (χ2n) is 2.74. The molecule has 0 radical (unpaired) electrons. The molecule has 0 atom stereocenters. The molecule has 0 aromatic carbocycles. The molecule has 0 aliphatic rings. The summed E-state index contributed by atoms with van der Waals surface area (Å²) in [4.78, 5) is 16.5. The van der Waals surface area contributed by atoms with E-state index in [0.29, 0.717) is 5.56 Å². The molecule has 0 amide bonds. The predicted octanol–water partition coefficient (Wildman–Crippen LogP) is 1.37. The van der Waals surface area contributed by atoms with Crippen molar-refractivity contribution in [2.45, 2.75) is 13.8 Å². The Bertz CT molecular complexity index is 483. The maximum absolute atomic E-state index is 11.5. The molecule has 0 N–H and O–H groups in total. The van der Waals surface area contributed by atoms with Gasteiger partial charge in [-0.1, -0.05) is 0 Å². The van der Waals surface area contributed by atoms with Crippen LogP contribution in [-0.4, -0.2) is 9.38 Å². The zero-order chi connectivity index (χ0) is 8.72. The van der Waals surface area contributed by atoms with Gasteiger partial charge in [0.2, 0.25) is 0 Å². The van der Waals surface area contributed by atoms with E-state index < -0.39 is 0 Å². The van der Waals surface area contributed by atoms with Gasteiger partial charge in [0.1, 0.15) is 0 Å². The van der Waals surface area contributed by atoms with Gasteiger partial charge in [-0.05, 0) is 13.8 Å². The first-order valence-corrected chi connectivity index (χ1v) is 4.50. The second kappa shape index (κ2) is 2.42. The lowest BCUT2D eigenvalue weighted by molar-refractivity contribution is 0.997. The highest BCUT2D eigenvalue weighted by atomic mass is 32.1. The van der Waals surface area contributed by atoms with Crippen LogP contribution in [0.5, 0.6) is 0 Å². The molecule has 2 aromatic heterocycles. The number of nitrogens with zero attached hydrogens (tertiary/aromatic N) is 2. The van der Waals surface area contributed by atoms with Crippen LogP contribution in [0, 0.1) is 13.8 Å². The molecule has 0 unspecified atom stereocenters. The van der Waals surface area contributed by atoms with Gasteiger partial charge in [0.05, 0.1) is 0 Å². The lowest BCUT2D eigenvalue weighted by atomic mass is 10.4. The maximum Gasteiger partial charge on any atom is 0.261 e. The summed E-state index contributed by atoms with van der Waals surface area (Å²) in [5, 5.41) is 1.93. The van der Waals surface area contributed by atoms with E-state index in [0.717, 1.165) is 10.7 Å². The van der Waals surface area contributed by atoms with Crippen molar-refractivity contribution in [3.8, 4) is 0 Å². The summed E-state index contributed by atoms with van der Waals surface area (Å²) in [6.07, 6.45) is 1.62. The van der Waals surface area contributed by atoms with Gasteiger partial charge in [-0.15, -0.1) is 11.3 Å². The maximum atomic E-state index is 11.5. The van der Waals surface area contributed by atoms with Crippen LogP contribution in [-0.2, 0) is 0 Å². The molecule has 0 bridgehead atoms. The van der Waals surface area contributed by atoms with Crippen molar-refractivity contribution in [3.63, 3.8) is 0 Å². The molecule has 0 fully saturated rings. The summed E-state index contributed by atoms with van der Waals surface area (Å²) < 4.78 is 1.64. The first kappa shape index (κ1) is 7.49. The first-order chi connectivity index (χ1) is 5.70. The predicted molar refractivity (Wildman–Crippen MR) is 48.8 cm³/mol. The zero-order valence-electron chi connectivity index (χ0n) is 6.87. The number of aromatic nitrogens is 2. The van der Waals surface area contributed by atoms with Crippen LogP contribution in [0.1, 0.15) is 11.3 Å². The Balaban J connectivity index is 3.06. The molecule has 0 aliphatic carbocycles. The van der Waals surface area contributed by atoms with E-state index in [1.807, 2.05) is 12.3 Å². The molecule has 0 spiro atoms. The third kappa shape index (κ3) is 0.881. The summed E-state index contributed by atoms with van der Waals surface area (Å²) in [5.41, 5.74) is 1.68. The fourth-order valence-corrected chi connectivity index (χ4v) is 1.94. The Morgan fingerprint density at radius 1 is 1.50 bits per heavy atom. The molecule has 0 saturated carbocycles. The van der Waals surface area contributed by atoms with Crippen molar-refractivity contribution in [3.05, 3.63) is 33.2 Å². The number of fused-ring (bicyclic) bond motifs is 1. The van der Waals surface area contributed by atoms with Crippen molar-refractivity contribution in [2.24, 2.45) is 0 Å². The average molecular weight is 180 g/mol. The summed E-state index contributed by atoms with van der Waals surface area (Å²) in [7, 11) is 0. The highest BCUT2D eigenvalue weighted by molar-refractivity contribution is 7.15. The van der Waals surface area contributed by atoms with Gasteiger partial charge in [-0.2, -0.15) is 0 Å². The van der Waals surface area contributed by atoms with E-state index in [-0.39, 0.29) is 5.56 Å². The number of aryl methyl sites for hydroxylation is 2. The van der Waals surface area contributed by atoms with Gasteiger partial charge in [0, 0.05) is 22.8 Å². The van der Waals surface area contributed by atoms with Gasteiger partial charge in [0.15, 0.2) is 4.96 Å². The van der Waals surface area contributed by atoms with E-state index in [1.54, 1.807) is 17.5 Å². The van der Waals surface area contributed by atoms with Gasteiger partial charge < -0.3 is 0 Å². The number of hydrogen-bond acceptors (Lipinski definition) is 3. The monoisotopic (exact) mass is 180 g/mol. The molecule has 2 heterocycles. The molecule has 3 nitrogen and oxygen atoms in total. The third-order valence-corrected chi connectivity index (χ3v) is 2.75. The summed E-state index contributed by atoms with van der Waals surface area (Å²) >= 11 is 1.49. The molecule has 4 heteroatoms. The van der Waals surface area contributed by atoms with Gasteiger partial charge in [-0.3, -0.25) is 9.20 Å². The summed E-state index contributed by atoms with van der Waals surface area (Å²) in [5.74, 6) is 0. The van der Waals surface area contributed by atoms with Crippen LogP contribution in [0.3, 0.4) is 0 Å². The van der Waals surface area contributed by atoms with E-state index >= 15 is 0 Å². The molecule has 2 aromatic rings. The SMILES string of the molecule is Cc1cnc2scc(C)n2c1=O. The molecule has 12 heavy (non-hydrogen) atoms. The van der Waals surface area contributed by atoms with Crippen molar-refractivity contribution in [1.29, 1.82) is 0 Å². The van der Waals surface area contributed by atoms with Gasteiger partial charge >= 0.3 is 0 Å². The number of thiazole rings is 1. The van der Waals surface area contributed by atoms with Crippen LogP contribution in [0.2, 0.25) is 0 Å². The highest BCUT2D eigenvalue weighted by Crippen LogP contribution is 2.10. The lowest BCUT2D eigenvalue weighted by Crippen LogP contribution is -2.16. The fourth-order valence-electron chi connectivity index (χ4n) is 1.11. The average Bonchev–Trinajstić information content (AvgIpc) is 2.41. The van der Waals surface area contributed by atoms with Crippen molar-refractivity contribution < 1.29 is 0 Å². The number of rotatable bonds is 0. The topological polar surface area (TPSA) is 34.4 Å². The van der Waals surface area contributed by atoms with Crippen LogP contribution in [0.4, 0.5) is 0 Å². The standard InChI is InChI=1S/C8H8N2OS/c1-5-3-9-8-10(7(5)11)6(2)4-12-8/h3-4H,1-2H3. The van der Waals surface area contributed by atoms with Crippen molar-refractivity contribution in [1.82, 2.24) is 9.38 Å². The Kier molecular flexibility index (Phi) is 1.51. The van der Waals surface area contributed by atoms with Crippen LogP contribution in [0.25, 0.3) is 4.96 Å². The van der Waals surface area contributed by atoms with Crippen LogP contribution < -0.4 is 5.56 Å². The molecular formula is C8H8N2OS. The van der Waals surface area contributed by atoms with E-state index in [2.05, 4.69) is 4.98 Å². The lowest BCUT2D eigenvalue weighted by Gasteiger charge is -1.95. The molecule has 2 rings (SSSR count).